The fourth-order valence-corrected chi connectivity index (χ4v) is 5.52. The van der Waals surface area contributed by atoms with Crippen molar-refractivity contribution in [2.75, 3.05) is 31.7 Å². The first-order valence-corrected chi connectivity index (χ1v) is 18.6. The number of anilines is 1. The molecule has 5 rings (SSSR count). The Labute approximate surface area is 266 Å². The van der Waals surface area contributed by atoms with Crippen molar-refractivity contribution < 1.29 is 32.6 Å². The Balaban J connectivity index is 1.39. The van der Waals surface area contributed by atoms with Gasteiger partial charge in [0.05, 0.1) is 42.7 Å². The number of carbonyl (C=O) groups excluding carboxylic acids is 2. The number of pyridine rings is 1. The van der Waals surface area contributed by atoms with Crippen molar-refractivity contribution in [3.8, 4) is 11.5 Å². The highest BCUT2D eigenvalue weighted by atomic mass is 28.3. The maximum absolute atomic E-state index is 15.3. The zero-order chi connectivity index (χ0) is 33.1. The minimum atomic E-state index is -1.33. The molecule has 4 heterocycles. The monoisotopic (exact) mass is 655 g/mol. The highest BCUT2D eigenvalue weighted by Gasteiger charge is 2.33. The summed E-state index contributed by atoms with van der Waals surface area (Å²) in [5.41, 5.74) is 1.05. The van der Waals surface area contributed by atoms with Gasteiger partial charge in [-0.05, 0) is 12.1 Å². The molecule has 0 atom stereocenters. The maximum Gasteiger partial charge on any atom is 0.319 e. The normalized spacial score (nSPS) is 14.2. The lowest BCUT2D eigenvalue weighted by atomic mass is 9.89. The van der Waals surface area contributed by atoms with Gasteiger partial charge >= 0.3 is 6.03 Å². The third-order valence-corrected chi connectivity index (χ3v) is 9.29. The van der Waals surface area contributed by atoms with E-state index in [-0.39, 0.29) is 41.1 Å². The molecule has 4 aromatic rings. The number of rotatable bonds is 13. The molecule has 1 saturated heterocycles. The molecule has 1 aliphatic rings. The summed E-state index contributed by atoms with van der Waals surface area (Å²) in [6, 6.07) is 3.70. The second-order valence-electron chi connectivity index (χ2n) is 13.0. The van der Waals surface area contributed by atoms with Crippen molar-refractivity contribution in [1.29, 1.82) is 0 Å². The summed E-state index contributed by atoms with van der Waals surface area (Å²) in [4.78, 5) is 34.3. The van der Waals surface area contributed by atoms with Gasteiger partial charge in [-0.2, -0.15) is 0 Å². The lowest BCUT2D eigenvalue weighted by molar-refractivity contribution is -0.0974. The van der Waals surface area contributed by atoms with Gasteiger partial charge in [-0.1, -0.05) is 26.6 Å². The molecule has 15 heteroatoms. The number of benzene rings is 1. The zero-order valence-corrected chi connectivity index (χ0v) is 27.6. The van der Waals surface area contributed by atoms with E-state index < -0.39 is 37.4 Å². The van der Waals surface area contributed by atoms with Crippen molar-refractivity contribution in [1.82, 2.24) is 29.7 Å². The predicted molar refractivity (Wildman–Crippen MR) is 171 cm³/mol. The fourth-order valence-electron chi connectivity index (χ4n) is 4.77. The van der Waals surface area contributed by atoms with Crippen LogP contribution in [0.1, 0.15) is 23.0 Å². The molecule has 0 bridgehead atoms. The van der Waals surface area contributed by atoms with E-state index in [0.717, 1.165) is 23.9 Å². The summed E-state index contributed by atoms with van der Waals surface area (Å²) in [6.07, 6.45) is 6.29. The van der Waals surface area contributed by atoms with Gasteiger partial charge in [0.1, 0.15) is 18.1 Å². The number of fused-ring (bicyclic) bond motifs is 1. The van der Waals surface area contributed by atoms with Crippen LogP contribution in [0.2, 0.25) is 25.7 Å². The predicted octanol–water partition coefficient (Wildman–Crippen LogP) is 5.24. The number of nitrogens with one attached hydrogen (secondary N) is 3. The number of aromatic nitrogens is 4. The molecule has 0 radical (unpaired) electrons. The molecule has 1 aromatic carbocycles. The molecule has 0 spiro atoms. The van der Waals surface area contributed by atoms with Gasteiger partial charge < -0.3 is 39.3 Å². The maximum atomic E-state index is 15.3. The number of amides is 3. The van der Waals surface area contributed by atoms with Crippen LogP contribution in [0, 0.1) is 17.0 Å². The SMILES string of the molecule is Cn1cncc1CNC(=O)c1cn(COCC[Si](C)(C)C)c2nccc(Oc3c(F)cc(NC(=O)NCC4(C)COC4)cc3F)c12. The Kier molecular flexibility index (Phi) is 9.74. The van der Waals surface area contributed by atoms with Crippen molar-refractivity contribution in [2.24, 2.45) is 12.5 Å². The molecule has 0 saturated carbocycles. The van der Waals surface area contributed by atoms with Gasteiger partial charge in [-0.15, -0.1) is 0 Å². The second kappa shape index (κ2) is 13.6. The summed E-state index contributed by atoms with van der Waals surface area (Å²) in [5.74, 6) is -3.22. The number of aryl methyl sites for hydroxylation is 1. The Bertz CT molecular complexity index is 1710. The van der Waals surface area contributed by atoms with Gasteiger partial charge in [-0.3, -0.25) is 4.79 Å². The van der Waals surface area contributed by atoms with Crippen molar-refractivity contribution in [3.05, 3.63) is 66.0 Å². The summed E-state index contributed by atoms with van der Waals surface area (Å²) in [7, 11) is 0.480. The van der Waals surface area contributed by atoms with E-state index in [1.165, 1.54) is 12.3 Å². The molecule has 3 aromatic heterocycles. The highest BCUT2D eigenvalue weighted by molar-refractivity contribution is 6.76. The standard InChI is InChI=1S/C31H39F2N7O5Si/c1-31(16-44-17-31)15-37-30(42)38-20-10-23(32)27(24(33)11-20)45-25-6-7-35-28-26(25)22(14-40(28)19-43-8-9-46(3,4)5)29(41)36-13-21-12-34-18-39(21)2/h6-7,10-12,14,18H,8-9,13,15-17,19H2,1-5H3,(H,36,41)(H2,37,38,42). The first-order valence-electron chi connectivity index (χ1n) is 14.9. The number of halogens is 2. The Morgan fingerprint density at radius 1 is 1.15 bits per heavy atom. The van der Waals surface area contributed by atoms with E-state index in [1.807, 2.05) is 14.0 Å². The third-order valence-electron chi connectivity index (χ3n) is 7.58. The van der Waals surface area contributed by atoms with Crippen LogP contribution in [0.5, 0.6) is 11.5 Å². The van der Waals surface area contributed by atoms with Gasteiger partial charge in [0.25, 0.3) is 5.91 Å². The molecular formula is C31H39F2N7O5Si. The molecule has 0 unspecified atom stereocenters. The number of hydrogen-bond donors (Lipinski definition) is 3. The molecule has 246 valence electrons. The smallest absolute Gasteiger partial charge is 0.319 e. The van der Waals surface area contributed by atoms with Crippen LogP contribution in [0.25, 0.3) is 11.0 Å². The van der Waals surface area contributed by atoms with Crippen molar-refractivity contribution in [2.45, 2.75) is 45.9 Å². The summed E-state index contributed by atoms with van der Waals surface area (Å²) in [6.45, 7) is 11.0. The molecule has 1 aliphatic heterocycles. The molecule has 3 amide bonds. The topological polar surface area (TPSA) is 134 Å². The molecule has 3 N–H and O–H groups in total. The lowest BCUT2D eigenvalue weighted by Crippen LogP contribution is -2.49. The first-order chi connectivity index (χ1) is 21.8. The first kappa shape index (κ1) is 33.0. The van der Waals surface area contributed by atoms with Gasteiger partial charge in [0, 0.05) is 70.1 Å². The molecule has 1 fully saturated rings. The van der Waals surface area contributed by atoms with Crippen LogP contribution in [0.3, 0.4) is 0 Å². The average molecular weight is 656 g/mol. The lowest BCUT2D eigenvalue weighted by Gasteiger charge is -2.37. The molecule has 46 heavy (non-hydrogen) atoms. The van der Waals surface area contributed by atoms with Crippen LogP contribution >= 0.6 is 0 Å². The summed E-state index contributed by atoms with van der Waals surface area (Å²) >= 11 is 0. The fraction of sp³-hybridized carbons (Fsp3) is 0.419. The largest absolute Gasteiger partial charge is 0.450 e. The minimum absolute atomic E-state index is 0.0174. The number of carbonyl (C=O) groups is 2. The summed E-state index contributed by atoms with van der Waals surface area (Å²) in [5, 5.41) is 8.26. The number of imidazole rings is 1. The van der Waals surface area contributed by atoms with Crippen LogP contribution in [0.15, 0.2) is 43.1 Å². The number of urea groups is 1. The van der Waals surface area contributed by atoms with Gasteiger partial charge in [0.2, 0.25) is 0 Å². The molecular weight excluding hydrogens is 616 g/mol. The molecule has 12 nitrogen and oxygen atoms in total. The van der Waals surface area contributed by atoms with E-state index in [0.29, 0.717) is 32.0 Å². The van der Waals surface area contributed by atoms with Crippen molar-refractivity contribution >= 4 is 36.7 Å². The van der Waals surface area contributed by atoms with E-state index in [4.69, 9.17) is 14.2 Å². The number of hydrogen-bond acceptors (Lipinski definition) is 7. The van der Waals surface area contributed by atoms with Crippen LogP contribution in [-0.2, 0) is 29.8 Å². The van der Waals surface area contributed by atoms with E-state index >= 15 is 8.78 Å². The second-order valence-corrected chi connectivity index (χ2v) is 18.7. The Morgan fingerprint density at radius 3 is 2.52 bits per heavy atom. The van der Waals surface area contributed by atoms with Crippen LogP contribution < -0.4 is 20.7 Å². The van der Waals surface area contributed by atoms with Crippen LogP contribution in [-0.4, -0.2) is 65.5 Å². The number of ether oxygens (including phenoxy) is 3. The van der Waals surface area contributed by atoms with Crippen LogP contribution in [0.4, 0.5) is 19.3 Å². The van der Waals surface area contributed by atoms with E-state index in [1.54, 1.807) is 27.9 Å². The average Bonchev–Trinajstić information content (AvgIpc) is 3.56. The number of nitrogens with zero attached hydrogens (tertiary/aromatic N) is 4. The van der Waals surface area contributed by atoms with E-state index in [2.05, 4.69) is 45.6 Å². The quantitative estimate of drug-likeness (QED) is 0.133. The highest BCUT2D eigenvalue weighted by Crippen LogP contribution is 2.36. The Hall–Kier alpha value is -4.34. The minimum Gasteiger partial charge on any atom is -0.450 e. The van der Waals surface area contributed by atoms with Gasteiger partial charge in [-0.25, -0.2) is 23.5 Å². The van der Waals surface area contributed by atoms with Gasteiger partial charge in [0.15, 0.2) is 17.4 Å². The summed E-state index contributed by atoms with van der Waals surface area (Å²) < 4.78 is 50.9. The third kappa shape index (κ3) is 7.89. The Morgan fingerprint density at radius 2 is 1.89 bits per heavy atom. The van der Waals surface area contributed by atoms with E-state index in [9.17, 15) is 9.59 Å². The van der Waals surface area contributed by atoms with Crippen molar-refractivity contribution in [3.63, 3.8) is 0 Å². The molecule has 0 aliphatic carbocycles. The zero-order valence-electron chi connectivity index (χ0n) is 26.6.